The standard InChI is InChI=1S/C3H8O2.C2H4O2.3H2O.Pb.Zr.2H/c1-5-3-2-4;1-2(3)4;;;;;;;/h4H,2-3H2,1H3;1H3,(H,3,4);3*1H2;;;;. The van der Waals surface area contributed by atoms with Crippen LogP contribution in [0, 0.1) is 0 Å². The number of aliphatic hydroxyl groups excluding tert-OH is 1. The van der Waals surface area contributed by atoms with Gasteiger partial charge in [0.1, 0.15) is 0 Å². The van der Waals surface area contributed by atoms with Crippen molar-refractivity contribution in [1.82, 2.24) is 0 Å². The third-order valence-electron chi connectivity index (χ3n) is 0.295. The van der Waals surface area contributed by atoms with Crippen LogP contribution in [0.3, 0.4) is 0 Å². The van der Waals surface area contributed by atoms with Crippen molar-refractivity contribution < 1.29 is 62.4 Å². The van der Waals surface area contributed by atoms with Gasteiger partial charge in [-0.05, 0) is 0 Å². The van der Waals surface area contributed by atoms with Gasteiger partial charge < -0.3 is 31.4 Å². The van der Waals surface area contributed by atoms with Gasteiger partial charge in [-0.15, -0.1) is 0 Å². The maximum atomic E-state index is 9.00. The van der Waals surface area contributed by atoms with Crippen LogP contribution < -0.4 is 0 Å². The fourth-order valence-corrected chi connectivity index (χ4v) is 0.0913. The number of rotatable bonds is 2. The molecular formula is C5H20O7PbZr. The van der Waals surface area contributed by atoms with Crippen LogP contribution >= 0.6 is 0 Å². The number of ether oxygens (including phenoxy) is 1. The van der Waals surface area contributed by atoms with E-state index in [1.807, 2.05) is 0 Å². The molecule has 0 rings (SSSR count). The second kappa shape index (κ2) is 48.1. The summed E-state index contributed by atoms with van der Waals surface area (Å²) in [6.07, 6.45) is 0. The van der Waals surface area contributed by atoms with Gasteiger partial charge >= 0.3 is 27.3 Å². The van der Waals surface area contributed by atoms with Crippen molar-refractivity contribution in [3.8, 4) is 0 Å². The first kappa shape index (κ1) is 45.8. The summed E-state index contributed by atoms with van der Waals surface area (Å²) >= 11 is 0. The van der Waals surface area contributed by atoms with Gasteiger partial charge in [0.25, 0.3) is 5.97 Å². The molecule has 0 saturated carbocycles. The zero-order valence-electron chi connectivity index (χ0n) is 8.33. The Kier molecular flexibility index (Phi) is 157. The minimum Gasteiger partial charge on any atom is 0 e. The molecular weight excluding hydrogens is 470 g/mol. The Morgan fingerprint density at radius 1 is 1.29 bits per heavy atom. The molecule has 8 N–H and O–H groups in total. The van der Waals surface area contributed by atoms with Crippen molar-refractivity contribution in [3.05, 3.63) is 0 Å². The van der Waals surface area contributed by atoms with E-state index in [2.05, 4.69) is 4.74 Å². The third kappa shape index (κ3) is 202. The van der Waals surface area contributed by atoms with Crippen molar-refractivity contribution in [3.63, 3.8) is 0 Å². The van der Waals surface area contributed by atoms with Crippen LogP contribution in [0.2, 0.25) is 0 Å². The summed E-state index contributed by atoms with van der Waals surface area (Å²) in [4.78, 5) is 9.00. The molecule has 7 nitrogen and oxygen atoms in total. The van der Waals surface area contributed by atoms with Gasteiger partial charge in [0.2, 0.25) is 0 Å². The van der Waals surface area contributed by atoms with Crippen molar-refractivity contribution in [2.75, 3.05) is 20.3 Å². The summed E-state index contributed by atoms with van der Waals surface area (Å²) in [6.45, 7) is 1.65. The molecule has 90 valence electrons. The molecule has 0 aromatic rings. The monoisotopic (exact) mass is 490 g/mol. The maximum Gasteiger partial charge on any atom is 0 e. The summed E-state index contributed by atoms with van der Waals surface area (Å²) in [5, 5.41) is 15.4. The summed E-state index contributed by atoms with van der Waals surface area (Å²) in [5.41, 5.74) is 0. The van der Waals surface area contributed by atoms with Gasteiger partial charge in [-0.3, -0.25) is 4.79 Å². The predicted molar refractivity (Wildman–Crippen MR) is 51.7 cm³/mol. The molecule has 14 heavy (non-hydrogen) atoms. The summed E-state index contributed by atoms with van der Waals surface area (Å²) in [5.74, 6) is -0.833. The average Bonchev–Trinajstić information content (AvgIpc) is 1.66. The first-order valence-electron chi connectivity index (χ1n) is 2.44. The van der Waals surface area contributed by atoms with E-state index in [1.165, 1.54) is 0 Å². The van der Waals surface area contributed by atoms with Gasteiger partial charge in [-0.1, -0.05) is 0 Å². The molecule has 0 aliphatic heterocycles. The molecule has 0 fully saturated rings. The molecule has 0 amide bonds. The molecule has 0 heterocycles. The van der Waals surface area contributed by atoms with Crippen molar-refractivity contribution in [2.45, 2.75) is 6.92 Å². The molecule has 0 atom stereocenters. The first-order valence-corrected chi connectivity index (χ1v) is 2.44. The Morgan fingerprint density at radius 2 is 1.50 bits per heavy atom. The third-order valence-corrected chi connectivity index (χ3v) is 0.295. The molecule has 0 saturated heterocycles. The van der Waals surface area contributed by atoms with Crippen LogP contribution in [0.15, 0.2) is 0 Å². The number of aliphatic hydroxyl groups is 1. The largest absolute Gasteiger partial charge is 0 e. The molecule has 0 bridgehead atoms. The molecule has 0 spiro atoms. The second-order valence-corrected chi connectivity index (χ2v) is 1.24. The minimum absolute atomic E-state index is 0. The number of carboxylic acids is 1. The molecule has 0 aromatic heterocycles. The summed E-state index contributed by atoms with van der Waals surface area (Å²) in [7, 11) is 1.55. The maximum absolute atomic E-state index is 9.00. The van der Waals surface area contributed by atoms with Gasteiger partial charge in [-0.2, -0.15) is 0 Å². The van der Waals surface area contributed by atoms with Crippen molar-refractivity contribution >= 4 is 33.3 Å². The van der Waals surface area contributed by atoms with Crippen LogP contribution in [-0.4, -0.2) is 80.2 Å². The van der Waals surface area contributed by atoms with E-state index in [0.717, 1.165) is 6.92 Å². The van der Waals surface area contributed by atoms with Crippen LogP contribution in [0.25, 0.3) is 0 Å². The number of carboxylic acid groups (broad SMARTS) is 1. The van der Waals surface area contributed by atoms with E-state index in [9.17, 15) is 0 Å². The van der Waals surface area contributed by atoms with E-state index < -0.39 is 5.97 Å². The zero-order chi connectivity index (χ0) is 7.70. The van der Waals surface area contributed by atoms with Crippen LogP contribution in [0.1, 0.15) is 6.92 Å². The topological polar surface area (TPSA) is 161 Å². The smallest absolute Gasteiger partial charge is 0 e. The van der Waals surface area contributed by atoms with Crippen LogP contribution in [0.5, 0.6) is 0 Å². The Hall–Kier alpha value is 1.08. The number of carbonyl (C=O) groups is 1. The Bertz CT molecular complexity index is 69.1. The average molecular weight is 491 g/mol. The summed E-state index contributed by atoms with van der Waals surface area (Å²) in [6, 6.07) is 0. The Balaban J connectivity index is -0.0000000104. The van der Waals surface area contributed by atoms with E-state index in [4.69, 9.17) is 15.0 Å². The van der Waals surface area contributed by atoms with E-state index in [1.54, 1.807) is 7.11 Å². The molecule has 0 aliphatic rings. The molecule has 0 aliphatic carbocycles. The fraction of sp³-hybridized carbons (Fsp3) is 0.800. The molecule has 9 heteroatoms. The quantitative estimate of drug-likeness (QED) is 0.382. The number of methoxy groups -OCH3 is 1. The Labute approximate surface area is 122 Å². The Morgan fingerprint density at radius 3 is 1.50 bits per heavy atom. The predicted octanol–water partition coefficient (Wildman–Crippen LogP) is -3.68. The first-order chi connectivity index (χ1) is 4.15. The van der Waals surface area contributed by atoms with Gasteiger partial charge in [0.05, 0.1) is 13.2 Å². The summed E-state index contributed by atoms with van der Waals surface area (Å²) < 4.78 is 4.44. The number of hydrogen-bond donors (Lipinski definition) is 2. The zero-order valence-corrected chi connectivity index (χ0v) is 16.3. The van der Waals surface area contributed by atoms with Crippen molar-refractivity contribution in [1.29, 1.82) is 0 Å². The van der Waals surface area contributed by atoms with Gasteiger partial charge in [-0.25, -0.2) is 0 Å². The van der Waals surface area contributed by atoms with E-state index in [0.29, 0.717) is 6.61 Å². The molecule has 0 unspecified atom stereocenters. The number of aliphatic carboxylic acids is 1. The van der Waals surface area contributed by atoms with Gasteiger partial charge in [0, 0.05) is 40.2 Å². The molecule has 0 aromatic carbocycles. The normalized spacial score (nSPS) is 4.79. The fourth-order valence-electron chi connectivity index (χ4n) is 0.0913. The van der Waals surface area contributed by atoms with Crippen LogP contribution in [0.4, 0.5) is 0 Å². The van der Waals surface area contributed by atoms with Gasteiger partial charge in [0.15, 0.2) is 0 Å². The van der Waals surface area contributed by atoms with Crippen molar-refractivity contribution in [2.24, 2.45) is 0 Å². The minimum atomic E-state index is -0.833. The van der Waals surface area contributed by atoms with Crippen LogP contribution in [-0.2, 0) is 35.7 Å². The van der Waals surface area contributed by atoms with E-state index in [-0.39, 0.29) is 76.5 Å². The second-order valence-electron chi connectivity index (χ2n) is 1.24. The van der Waals surface area contributed by atoms with E-state index >= 15 is 0 Å². The number of hydrogen-bond acceptors (Lipinski definition) is 3. The molecule has 2 radical (unpaired) electrons. The SMILES string of the molecule is CC(=O)O.COCCO.O.O.O.[PbH2].[Zr].